The number of esters is 1. The zero-order chi connectivity index (χ0) is 28.1. The van der Waals surface area contributed by atoms with Gasteiger partial charge in [-0.25, -0.2) is 4.39 Å². The molecule has 1 fully saturated rings. The fraction of sp³-hybridized carbons (Fsp3) is 0.179. The number of nitrogens with zero attached hydrogens (tertiary/aromatic N) is 2. The number of halogens is 3. The molecule has 1 aliphatic heterocycles. The summed E-state index contributed by atoms with van der Waals surface area (Å²) in [7, 11) is 1.26. The van der Waals surface area contributed by atoms with Crippen molar-refractivity contribution < 1.29 is 28.2 Å². The van der Waals surface area contributed by atoms with E-state index in [1.807, 2.05) is 6.92 Å². The molecule has 3 aromatic rings. The van der Waals surface area contributed by atoms with Crippen molar-refractivity contribution in [2.24, 2.45) is 0 Å². The smallest absolute Gasteiger partial charge is 0.325 e. The van der Waals surface area contributed by atoms with Gasteiger partial charge in [0, 0.05) is 5.02 Å². The summed E-state index contributed by atoms with van der Waals surface area (Å²) in [6.45, 7) is 2.13. The molecular weight excluding hydrogens is 611 g/mol. The zero-order valence-corrected chi connectivity index (χ0v) is 24.1. The maximum absolute atomic E-state index is 13.6. The van der Waals surface area contributed by atoms with Crippen LogP contribution in [0.3, 0.4) is 0 Å². The summed E-state index contributed by atoms with van der Waals surface area (Å²) in [5, 5.41) is 0.635. The molecule has 0 aromatic heterocycles. The van der Waals surface area contributed by atoms with Gasteiger partial charge in [-0.2, -0.15) is 0 Å². The molecular formula is C28H23BrClFN2O5S. The molecule has 0 spiro atoms. The Hall–Kier alpha value is -3.47. The van der Waals surface area contributed by atoms with Crippen LogP contribution in [0.5, 0.6) is 11.5 Å². The number of hydrogen-bond donors (Lipinski definition) is 0. The van der Waals surface area contributed by atoms with Gasteiger partial charge in [-0.15, -0.1) is 0 Å². The molecule has 0 unspecified atom stereocenters. The summed E-state index contributed by atoms with van der Waals surface area (Å²) in [4.78, 5) is 28.5. The number of thiocarbonyl (C=S) groups is 1. The Morgan fingerprint density at radius 2 is 1.79 bits per heavy atom. The molecule has 0 radical (unpaired) electrons. The summed E-state index contributed by atoms with van der Waals surface area (Å²) >= 11 is 15.1. The standard InChI is InChI=1S/C28H23BrClFN2O5S/c1-3-37-24-14-18(12-22(29)26(24)38-16-17-4-8-20(31)9-5-17)13-23-27(35)33(21-10-6-19(30)7-11-21)28(39)32(23)15-25(34)36-2/h4-14H,3,15-16H2,1-2H3/b23-13-. The summed E-state index contributed by atoms with van der Waals surface area (Å²) < 4.78 is 30.5. The minimum Gasteiger partial charge on any atom is -0.490 e. The molecule has 0 atom stereocenters. The van der Waals surface area contributed by atoms with Crippen LogP contribution in [0.15, 0.2) is 70.8 Å². The average Bonchev–Trinajstić information content (AvgIpc) is 3.13. The molecule has 0 N–H and O–H groups in total. The third-order valence-corrected chi connectivity index (χ3v) is 6.91. The molecule has 7 nitrogen and oxygen atoms in total. The van der Waals surface area contributed by atoms with E-state index in [0.717, 1.165) is 5.56 Å². The molecule has 1 aliphatic rings. The Morgan fingerprint density at radius 1 is 1.10 bits per heavy atom. The molecule has 202 valence electrons. The van der Waals surface area contributed by atoms with Crippen molar-refractivity contribution in [2.45, 2.75) is 13.5 Å². The summed E-state index contributed by atoms with van der Waals surface area (Å²) in [5.41, 5.74) is 2.06. The number of rotatable bonds is 9. The monoisotopic (exact) mass is 632 g/mol. The van der Waals surface area contributed by atoms with Gasteiger partial charge >= 0.3 is 5.97 Å². The zero-order valence-electron chi connectivity index (χ0n) is 20.9. The van der Waals surface area contributed by atoms with Gasteiger partial charge in [0.05, 0.1) is 23.9 Å². The molecule has 4 rings (SSSR count). The average molecular weight is 634 g/mol. The molecule has 3 aromatic carbocycles. The van der Waals surface area contributed by atoms with Crippen LogP contribution < -0.4 is 14.4 Å². The van der Waals surface area contributed by atoms with E-state index >= 15 is 0 Å². The summed E-state index contributed by atoms with van der Waals surface area (Å²) in [5.74, 6) is -0.426. The topological polar surface area (TPSA) is 68.3 Å². The van der Waals surface area contributed by atoms with Crippen LogP contribution in [0.25, 0.3) is 6.08 Å². The van der Waals surface area contributed by atoms with E-state index in [1.165, 1.54) is 29.0 Å². The summed E-state index contributed by atoms with van der Waals surface area (Å²) in [6, 6.07) is 16.1. The van der Waals surface area contributed by atoms with Gasteiger partial charge in [-0.1, -0.05) is 23.7 Å². The van der Waals surface area contributed by atoms with Gasteiger partial charge in [0.15, 0.2) is 16.6 Å². The lowest BCUT2D eigenvalue weighted by Crippen LogP contribution is -2.35. The predicted octanol–water partition coefficient (Wildman–Crippen LogP) is 6.37. The van der Waals surface area contributed by atoms with Crippen LogP contribution in [0.1, 0.15) is 18.1 Å². The third kappa shape index (κ3) is 6.58. The number of methoxy groups -OCH3 is 1. The second-order valence-corrected chi connectivity index (χ2v) is 9.93. The van der Waals surface area contributed by atoms with Gasteiger partial charge in [-0.05, 0) is 101 Å². The first-order valence-corrected chi connectivity index (χ1v) is 13.3. The fourth-order valence-electron chi connectivity index (χ4n) is 3.81. The minimum atomic E-state index is -0.560. The predicted molar refractivity (Wildman–Crippen MR) is 154 cm³/mol. The Bertz CT molecular complexity index is 1430. The second-order valence-electron chi connectivity index (χ2n) is 8.27. The molecule has 1 heterocycles. The van der Waals surface area contributed by atoms with Crippen molar-refractivity contribution in [3.05, 3.63) is 92.8 Å². The van der Waals surface area contributed by atoms with E-state index in [2.05, 4.69) is 15.9 Å². The lowest BCUT2D eigenvalue weighted by molar-refractivity contribution is -0.140. The Balaban J connectivity index is 1.70. The first kappa shape index (κ1) is 28.5. The van der Waals surface area contributed by atoms with Crippen molar-refractivity contribution in [2.75, 3.05) is 25.2 Å². The molecule has 0 aliphatic carbocycles. The highest BCUT2D eigenvalue weighted by atomic mass is 79.9. The largest absolute Gasteiger partial charge is 0.490 e. The first-order valence-electron chi connectivity index (χ1n) is 11.8. The molecule has 39 heavy (non-hydrogen) atoms. The normalized spacial score (nSPS) is 14.2. The number of carbonyl (C=O) groups excluding carboxylic acids is 2. The Kier molecular flexibility index (Phi) is 9.21. The second kappa shape index (κ2) is 12.6. The Morgan fingerprint density at radius 3 is 2.44 bits per heavy atom. The number of anilines is 1. The maximum Gasteiger partial charge on any atom is 0.325 e. The van der Waals surface area contributed by atoms with Crippen molar-refractivity contribution in [3.63, 3.8) is 0 Å². The van der Waals surface area contributed by atoms with Crippen molar-refractivity contribution in [3.8, 4) is 11.5 Å². The van der Waals surface area contributed by atoms with E-state index in [9.17, 15) is 14.0 Å². The van der Waals surface area contributed by atoms with Gasteiger partial charge < -0.3 is 19.1 Å². The van der Waals surface area contributed by atoms with E-state index in [0.29, 0.717) is 38.9 Å². The van der Waals surface area contributed by atoms with Crippen LogP contribution in [0, 0.1) is 5.82 Å². The van der Waals surface area contributed by atoms with E-state index < -0.39 is 11.9 Å². The lowest BCUT2D eigenvalue weighted by atomic mass is 10.1. The number of benzene rings is 3. The molecule has 0 bridgehead atoms. The number of amides is 1. The van der Waals surface area contributed by atoms with Crippen LogP contribution in [0.2, 0.25) is 5.02 Å². The van der Waals surface area contributed by atoms with Gasteiger partial charge in [0.1, 0.15) is 24.7 Å². The number of carbonyl (C=O) groups is 2. The van der Waals surface area contributed by atoms with Crippen molar-refractivity contribution in [1.82, 2.24) is 4.90 Å². The third-order valence-electron chi connectivity index (χ3n) is 5.67. The maximum atomic E-state index is 13.6. The molecule has 1 saturated heterocycles. The molecule has 11 heteroatoms. The highest BCUT2D eigenvalue weighted by Gasteiger charge is 2.40. The van der Waals surface area contributed by atoms with Crippen molar-refractivity contribution in [1.29, 1.82) is 0 Å². The molecule has 0 saturated carbocycles. The van der Waals surface area contributed by atoms with Gasteiger partial charge in [-0.3, -0.25) is 14.5 Å². The van der Waals surface area contributed by atoms with Gasteiger partial charge in [0.2, 0.25) is 0 Å². The number of ether oxygens (including phenoxy) is 3. The highest BCUT2D eigenvalue weighted by Crippen LogP contribution is 2.39. The Labute approximate surface area is 243 Å². The molecule has 1 amide bonds. The van der Waals surface area contributed by atoms with Crippen LogP contribution in [-0.2, 0) is 20.9 Å². The number of hydrogen-bond acceptors (Lipinski definition) is 6. The minimum absolute atomic E-state index is 0.127. The fourth-order valence-corrected chi connectivity index (χ4v) is 4.86. The van der Waals surface area contributed by atoms with Gasteiger partial charge in [0.25, 0.3) is 5.91 Å². The highest BCUT2D eigenvalue weighted by molar-refractivity contribution is 9.10. The quantitative estimate of drug-likeness (QED) is 0.154. The van der Waals surface area contributed by atoms with Crippen LogP contribution in [-0.4, -0.2) is 42.2 Å². The van der Waals surface area contributed by atoms with Crippen molar-refractivity contribution >= 4 is 68.5 Å². The van der Waals surface area contributed by atoms with E-state index in [4.69, 9.17) is 38.0 Å². The summed E-state index contributed by atoms with van der Waals surface area (Å²) in [6.07, 6.45) is 1.62. The lowest BCUT2D eigenvalue weighted by Gasteiger charge is -2.19. The SMILES string of the molecule is CCOc1cc(/C=C2/C(=O)N(c3ccc(Cl)cc3)C(=S)N2CC(=O)OC)cc(Br)c1OCc1ccc(F)cc1. The van der Waals surface area contributed by atoms with Crippen LogP contribution in [0.4, 0.5) is 10.1 Å². The van der Waals surface area contributed by atoms with E-state index in [-0.39, 0.29) is 29.8 Å². The van der Waals surface area contributed by atoms with Crippen LogP contribution >= 0.6 is 39.7 Å². The van der Waals surface area contributed by atoms with E-state index in [1.54, 1.807) is 54.6 Å². The first-order chi connectivity index (χ1) is 18.7.